The average Bonchev–Trinajstić information content (AvgIpc) is 3.22. The molecule has 3 aromatic rings. The van der Waals surface area contributed by atoms with Gasteiger partial charge in [-0.3, -0.25) is 9.78 Å². The lowest BCUT2D eigenvalue weighted by molar-refractivity contribution is -0.125. The first-order valence-corrected chi connectivity index (χ1v) is 12.6. The normalized spacial score (nSPS) is 16.9. The minimum absolute atomic E-state index is 0.0244. The molecular formula is C29H32N4O3. The predicted octanol–water partition coefficient (Wildman–Crippen LogP) is 3.79. The average molecular weight is 485 g/mol. The van der Waals surface area contributed by atoms with Crippen LogP contribution in [0.15, 0.2) is 72.9 Å². The summed E-state index contributed by atoms with van der Waals surface area (Å²) in [6.07, 6.45) is 3.43. The van der Waals surface area contributed by atoms with Gasteiger partial charge in [-0.25, -0.2) is 4.79 Å². The number of amides is 2. The highest BCUT2D eigenvalue weighted by atomic mass is 16.5. The highest BCUT2D eigenvalue weighted by Gasteiger charge is 2.36. The lowest BCUT2D eigenvalue weighted by Crippen LogP contribution is -2.59. The molecule has 2 amide bonds. The van der Waals surface area contributed by atoms with Crippen molar-refractivity contribution in [3.63, 3.8) is 0 Å². The van der Waals surface area contributed by atoms with Crippen molar-refractivity contribution in [1.29, 1.82) is 0 Å². The van der Waals surface area contributed by atoms with Crippen LogP contribution in [-0.4, -0.2) is 48.3 Å². The van der Waals surface area contributed by atoms with E-state index in [2.05, 4.69) is 45.2 Å². The number of carbonyl (C=O) groups excluding carboxylic acids is 2. The number of hydrogen-bond acceptors (Lipinski definition) is 5. The van der Waals surface area contributed by atoms with E-state index in [1.54, 1.807) is 13.1 Å². The molecule has 1 saturated heterocycles. The van der Waals surface area contributed by atoms with Gasteiger partial charge in [0.1, 0.15) is 12.6 Å². The van der Waals surface area contributed by atoms with Crippen LogP contribution >= 0.6 is 0 Å². The Bertz CT molecular complexity index is 1180. The van der Waals surface area contributed by atoms with Crippen LogP contribution in [0, 0.1) is 0 Å². The van der Waals surface area contributed by atoms with E-state index in [1.807, 2.05) is 42.5 Å². The third-order valence-corrected chi connectivity index (χ3v) is 7.27. The summed E-state index contributed by atoms with van der Waals surface area (Å²) in [7, 11) is 0. The van der Waals surface area contributed by atoms with Gasteiger partial charge in [0.05, 0.1) is 0 Å². The molecule has 1 fully saturated rings. The maximum absolute atomic E-state index is 13.1. The number of benzene rings is 2. The van der Waals surface area contributed by atoms with Crippen molar-refractivity contribution in [2.24, 2.45) is 0 Å². The van der Waals surface area contributed by atoms with Gasteiger partial charge in [-0.15, -0.1) is 0 Å². The zero-order valence-corrected chi connectivity index (χ0v) is 20.5. The number of alkyl carbamates (subject to hydrolysis) is 1. The molecule has 36 heavy (non-hydrogen) atoms. The number of rotatable bonds is 7. The second-order valence-corrected chi connectivity index (χ2v) is 9.71. The molecule has 0 unspecified atom stereocenters. The van der Waals surface area contributed by atoms with Crippen LogP contribution in [0.4, 0.5) is 4.79 Å². The molecule has 1 aromatic heterocycles. The third kappa shape index (κ3) is 5.11. The summed E-state index contributed by atoms with van der Waals surface area (Å²) in [4.78, 5) is 30.2. The number of nitrogens with one attached hydrogen (secondary N) is 3. The monoisotopic (exact) mass is 484 g/mol. The van der Waals surface area contributed by atoms with E-state index >= 15 is 0 Å². The second-order valence-electron chi connectivity index (χ2n) is 9.71. The molecule has 7 heteroatoms. The van der Waals surface area contributed by atoms with Crippen LogP contribution in [-0.2, 0) is 16.0 Å². The zero-order valence-electron chi connectivity index (χ0n) is 20.5. The van der Waals surface area contributed by atoms with Crippen LogP contribution in [0.3, 0.4) is 0 Å². The van der Waals surface area contributed by atoms with Gasteiger partial charge < -0.3 is 20.7 Å². The first kappa shape index (κ1) is 24.0. The molecule has 7 nitrogen and oxygen atoms in total. The molecule has 1 aliphatic carbocycles. The molecule has 0 spiro atoms. The van der Waals surface area contributed by atoms with E-state index in [4.69, 9.17) is 4.74 Å². The molecular weight excluding hydrogens is 452 g/mol. The van der Waals surface area contributed by atoms with Gasteiger partial charge in [-0.1, -0.05) is 54.6 Å². The van der Waals surface area contributed by atoms with Crippen LogP contribution in [0.5, 0.6) is 0 Å². The molecule has 1 aliphatic heterocycles. The Kier molecular flexibility index (Phi) is 7.00. The molecule has 0 radical (unpaired) electrons. The van der Waals surface area contributed by atoms with Gasteiger partial charge in [0, 0.05) is 29.8 Å². The maximum Gasteiger partial charge on any atom is 0.407 e. The van der Waals surface area contributed by atoms with Crippen LogP contribution in [0.2, 0.25) is 0 Å². The summed E-state index contributed by atoms with van der Waals surface area (Å²) in [5, 5.41) is 9.29. The number of nitrogens with zero attached hydrogens (tertiary/aromatic N) is 1. The molecule has 186 valence electrons. The van der Waals surface area contributed by atoms with E-state index in [0.717, 1.165) is 42.8 Å². The topological polar surface area (TPSA) is 92.3 Å². The molecule has 0 bridgehead atoms. The van der Waals surface area contributed by atoms with E-state index < -0.39 is 17.7 Å². The predicted molar refractivity (Wildman–Crippen MR) is 139 cm³/mol. The van der Waals surface area contributed by atoms with E-state index in [-0.39, 0.29) is 18.4 Å². The van der Waals surface area contributed by atoms with Crippen molar-refractivity contribution in [2.75, 3.05) is 19.7 Å². The SMILES string of the molecule is C[C@@H](NC(=O)OCC1c2ccccc2-c2ccccc21)C(=O)NC1(Cc2ccccn2)CCNCC1. The summed E-state index contributed by atoms with van der Waals surface area (Å²) in [6.45, 7) is 3.54. The molecule has 0 saturated carbocycles. The van der Waals surface area contributed by atoms with Gasteiger partial charge in [0.15, 0.2) is 0 Å². The second kappa shape index (κ2) is 10.5. The number of carbonyl (C=O) groups is 2. The van der Waals surface area contributed by atoms with Crippen LogP contribution in [0.1, 0.15) is 42.5 Å². The van der Waals surface area contributed by atoms with Gasteiger partial charge in [-0.2, -0.15) is 0 Å². The van der Waals surface area contributed by atoms with Crippen molar-refractivity contribution < 1.29 is 14.3 Å². The number of pyridine rings is 1. The van der Waals surface area contributed by atoms with Gasteiger partial charge in [0.2, 0.25) is 5.91 Å². The van der Waals surface area contributed by atoms with E-state index in [9.17, 15) is 9.59 Å². The Morgan fingerprint density at radius 3 is 2.28 bits per heavy atom. The Labute approximate surface area is 211 Å². The van der Waals surface area contributed by atoms with Gasteiger partial charge >= 0.3 is 6.09 Å². The molecule has 2 heterocycles. The lowest BCUT2D eigenvalue weighted by Gasteiger charge is -2.39. The molecule has 2 aliphatic rings. The smallest absolute Gasteiger partial charge is 0.407 e. The summed E-state index contributed by atoms with van der Waals surface area (Å²) in [6, 6.07) is 21.5. The lowest BCUT2D eigenvalue weighted by atomic mass is 9.83. The summed E-state index contributed by atoms with van der Waals surface area (Å²) >= 11 is 0. The largest absolute Gasteiger partial charge is 0.449 e. The third-order valence-electron chi connectivity index (χ3n) is 7.27. The first-order valence-electron chi connectivity index (χ1n) is 12.6. The highest BCUT2D eigenvalue weighted by Crippen LogP contribution is 2.44. The summed E-state index contributed by atoms with van der Waals surface area (Å²) < 4.78 is 5.62. The fraction of sp³-hybridized carbons (Fsp3) is 0.345. The molecule has 1 atom stereocenters. The zero-order chi connectivity index (χ0) is 25.0. The van der Waals surface area contributed by atoms with Crippen molar-refractivity contribution in [1.82, 2.24) is 20.9 Å². The first-order chi connectivity index (χ1) is 17.5. The fourth-order valence-electron chi connectivity index (χ4n) is 5.35. The van der Waals surface area contributed by atoms with Crippen LogP contribution in [0.25, 0.3) is 11.1 Å². The number of piperidine rings is 1. The van der Waals surface area contributed by atoms with Gasteiger partial charge in [-0.05, 0) is 67.2 Å². The highest BCUT2D eigenvalue weighted by molar-refractivity contribution is 5.86. The minimum Gasteiger partial charge on any atom is -0.449 e. The molecule has 2 aromatic carbocycles. The van der Waals surface area contributed by atoms with Gasteiger partial charge in [0.25, 0.3) is 0 Å². The van der Waals surface area contributed by atoms with Crippen molar-refractivity contribution in [2.45, 2.75) is 43.7 Å². The quantitative estimate of drug-likeness (QED) is 0.475. The Morgan fingerprint density at radius 1 is 1.00 bits per heavy atom. The number of ether oxygens (including phenoxy) is 1. The molecule has 5 rings (SSSR count). The minimum atomic E-state index is -0.726. The molecule has 3 N–H and O–H groups in total. The van der Waals surface area contributed by atoms with Crippen molar-refractivity contribution in [3.8, 4) is 11.1 Å². The maximum atomic E-state index is 13.1. The number of fused-ring (bicyclic) bond motifs is 3. The summed E-state index contributed by atoms with van der Waals surface area (Å²) in [5.74, 6) is -0.245. The fourth-order valence-corrected chi connectivity index (χ4v) is 5.35. The number of hydrogen-bond donors (Lipinski definition) is 3. The van der Waals surface area contributed by atoms with E-state index in [1.165, 1.54) is 11.1 Å². The Balaban J connectivity index is 1.19. The van der Waals surface area contributed by atoms with Crippen LogP contribution < -0.4 is 16.0 Å². The standard InChI is InChI=1S/C29H32N4O3/c1-20(27(34)33-29(13-16-30-17-14-29)18-21-8-6-7-15-31-21)32-28(35)36-19-26-24-11-4-2-9-22(24)23-10-3-5-12-25(23)26/h2-12,15,20,26,30H,13-14,16-19H2,1H3,(H,32,35)(H,33,34)/t20-/m1/s1. The van der Waals surface area contributed by atoms with Crippen molar-refractivity contribution in [3.05, 3.63) is 89.7 Å². The summed E-state index contributed by atoms with van der Waals surface area (Å²) in [5.41, 5.74) is 5.20. The number of aromatic nitrogens is 1. The Morgan fingerprint density at radius 2 is 1.64 bits per heavy atom. The van der Waals surface area contributed by atoms with E-state index in [0.29, 0.717) is 6.42 Å². The Hall–Kier alpha value is -3.71. The van der Waals surface area contributed by atoms with Crippen molar-refractivity contribution >= 4 is 12.0 Å².